The highest BCUT2D eigenvalue weighted by Gasteiger charge is 2.29. The summed E-state index contributed by atoms with van der Waals surface area (Å²) in [7, 11) is 2.05. The number of aromatic hydroxyl groups is 2. The van der Waals surface area contributed by atoms with Crippen molar-refractivity contribution in [1.82, 2.24) is 10.2 Å². The number of hydrogen-bond acceptors (Lipinski definition) is 4. The molecule has 3 N–H and O–H groups in total. The molecule has 0 radical (unpaired) electrons. The summed E-state index contributed by atoms with van der Waals surface area (Å²) in [6.45, 7) is 2.53. The number of carbonyl (C=O) groups is 1. The van der Waals surface area contributed by atoms with Crippen molar-refractivity contribution in [3.05, 3.63) is 23.8 Å². The molecule has 1 aliphatic carbocycles. The van der Waals surface area contributed by atoms with Crippen molar-refractivity contribution in [1.29, 1.82) is 0 Å². The third-order valence-electron chi connectivity index (χ3n) is 3.62. The normalized spacial score (nSPS) is 16.4. The highest BCUT2D eigenvalue weighted by molar-refractivity contribution is 5.99. The van der Waals surface area contributed by atoms with Crippen LogP contribution in [-0.2, 0) is 0 Å². The summed E-state index contributed by atoms with van der Waals surface area (Å²) in [5.74, 6) is -0.868. The second-order valence-electron chi connectivity index (χ2n) is 5.13. The molecule has 1 amide bonds. The molecule has 1 unspecified atom stereocenters. The van der Waals surface area contributed by atoms with Gasteiger partial charge in [-0.25, -0.2) is 0 Å². The fourth-order valence-corrected chi connectivity index (χ4v) is 2.08. The Kier molecular flexibility index (Phi) is 3.95. The molecule has 1 aliphatic rings. The third-order valence-corrected chi connectivity index (χ3v) is 3.62. The molecular formula is C14H20N2O3. The maximum absolute atomic E-state index is 11.9. The van der Waals surface area contributed by atoms with Gasteiger partial charge in [0.05, 0.1) is 0 Å². The van der Waals surface area contributed by atoms with Crippen molar-refractivity contribution in [2.24, 2.45) is 0 Å². The predicted octanol–water partition coefficient (Wildman–Crippen LogP) is 1.31. The van der Waals surface area contributed by atoms with Gasteiger partial charge in [0.2, 0.25) is 0 Å². The highest BCUT2D eigenvalue weighted by Crippen LogP contribution is 2.27. The molecule has 5 nitrogen and oxygen atoms in total. The number of nitrogens with zero attached hydrogens (tertiary/aromatic N) is 1. The predicted molar refractivity (Wildman–Crippen MR) is 72.4 cm³/mol. The minimum Gasteiger partial charge on any atom is -0.507 e. The Balaban J connectivity index is 1.93. The van der Waals surface area contributed by atoms with Gasteiger partial charge in [-0.15, -0.1) is 0 Å². The molecule has 19 heavy (non-hydrogen) atoms. The van der Waals surface area contributed by atoms with Gasteiger partial charge in [-0.1, -0.05) is 6.07 Å². The molecule has 0 heterocycles. The number of nitrogens with one attached hydrogen (secondary N) is 1. The standard InChI is InChI=1S/C14H20N2O3/c1-9(16(2)10-6-7-10)8-15-14(19)13-11(17)4-3-5-12(13)18/h3-5,9-10,17-18H,6-8H2,1-2H3,(H,15,19). The lowest BCUT2D eigenvalue weighted by atomic mass is 10.1. The SMILES string of the molecule is CC(CNC(=O)c1c(O)cccc1O)N(C)C1CC1. The molecule has 0 aliphatic heterocycles. The monoisotopic (exact) mass is 264 g/mol. The molecule has 1 fully saturated rings. The Hall–Kier alpha value is -1.75. The Morgan fingerprint density at radius 3 is 2.53 bits per heavy atom. The van der Waals surface area contributed by atoms with Crippen LogP contribution >= 0.6 is 0 Å². The second kappa shape index (κ2) is 5.48. The minimum atomic E-state index is -0.452. The van der Waals surface area contributed by atoms with E-state index in [9.17, 15) is 15.0 Å². The quantitative estimate of drug-likeness (QED) is 0.749. The smallest absolute Gasteiger partial charge is 0.258 e. The summed E-state index contributed by atoms with van der Waals surface area (Å²) >= 11 is 0. The number of rotatable bonds is 5. The molecule has 0 saturated heterocycles. The van der Waals surface area contributed by atoms with E-state index in [-0.39, 0.29) is 23.1 Å². The number of hydrogen-bond donors (Lipinski definition) is 3. The fourth-order valence-electron chi connectivity index (χ4n) is 2.08. The summed E-state index contributed by atoms with van der Waals surface area (Å²) in [6, 6.07) is 5.11. The van der Waals surface area contributed by atoms with E-state index in [1.54, 1.807) is 0 Å². The lowest BCUT2D eigenvalue weighted by molar-refractivity contribution is 0.0934. The number of benzene rings is 1. The van der Waals surface area contributed by atoms with Crippen LogP contribution in [0.2, 0.25) is 0 Å². The number of phenols is 2. The van der Waals surface area contributed by atoms with Crippen LogP contribution in [0.25, 0.3) is 0 Å². The number of likely N-dealkylation sites (N-methyl/N-ethyl adjacent to an activating group) is 1. The van der Waals surface area contributed by atoms with Gasteiger partial charge in [0.25, 0.3) is 5.91 Å². The lowest BCUT2D eigenvalue weighted by Crippen LogP contribution is -2.41. The summed E-state index contributed by atoms with van der Waals surface area (Å²) in [5.41, 5.74) is -0.0659. The molecule has 1 saturated carbocycles. The molecule has 5 heteroatoms. The van der Waals surface area contributed by atoms with Crippen molar-refractivity contribution >= 4 is 5.91 Å². The molecule has 0 spiro atoms. The van der Waals surface area contributed by atoms with Crippen LogP contribution in [0.3, 0.4) is 0 Å². The first-order valence-corrected chi connectivity index (χ1v) is 6.51. The van der Waals surface area contributed by atoms with Crippen molar-refractivity contribution in [3.8, 4) is 11.5 Å². The van der Waals surface area contributed by atoms with Crippen LogP contribution < -0.4 is 5.32 Å². The van der Waals surface area contributed by atoms with Gasteiger partial charge < -0.3 is 15.5 Å². The Bertz CT molecular complexity index is 452. The molecule has 104 valence electrons. The van der Waals surface area contributed by atoms with E-state index in [0.717, 1.165) is 0 Å². The molecule has 1 aromatic rings. The van der Waals surface area contributed by atoms with Gasteiger partial charge >= 0.3 is 0 Å². The third kappa shape index (κ3) is 3.17. The van der Waals surface area contributed by atoms with Gasteiger partial charge in [-0.2, -0.15) is 0 Å². The Morgan fingerprint density at radius 2 is 2.00 bits per heavy atom. The van der Waals surface area contributed by atoms with E-state index in [0.29, 0.717) is 12.6 Å². The average Bonchev–Trinajstić information content (AvgIpc) is 3.19. The summed E-state index contributed by atoms with van der Waals surface area (Å²) in [5, 5.41) is 21.9. The van der Waals surface area contributed by atoms with Gasteiger partial charge in [0.15, 0.2) is 0 Å². The molecule has 0 aromatic heterocycles. The van der Waals surface area contributed by atoms with Crippen LogP contribution in [0.1, 0.15) is 30.1 Å². The lowest BCUT2D eigenvalue weighted by Gasteiger charge is -2.24. The maximum Gasteiger partial charge on any atom is 0.258 e. The molecule has 0 bridgehead atoms. The van der Waals surface area contributed by atoms with E-state index in [1.165, 1.54) is 31.0 Å². The van der Waals surface area contributed by atoms with Gasteiger partial charge in [-0.05, 0) is 38.9 Å². The van der Waals surface area contributed by atoms with Crippen LogP contribution in [0.4, 0.5) is 0 Å². The zero-order chi connectivity index (χ0) is 14.0. The summed E-state index contributed by atoms with van der Waals surface area (Å²) in [4.78, 5) is 14.2. The number of amides is 1. The van der Waals surface area contributed by atoms with Crippen LogP contribution in [0.5, 0.6) is 11.5 Å². The largest absolute Gasteiger partial charge is 0.507 e. The van der Waals surface area contributed by atoms with Gasteiger partial charge in [0.1, 0.15) is 17.1 Å². The van der Waals surface area contributed by atoms with Crippen molar-refractivity contribution in [2.45, 2.75) is 31.8 Å². The van der Waals surface area contributed by atoms with Gasteiger partial charge in [-0.3, -0.25) is 9.69 Å². The van der Waals surface area contributed by atoms with Crippen molar-refractivity contribution in [2.75, 3.05) is 13.6 Å². The Morgan fingerprint density at radius 1 is 1.42 bits per heavy atom. The van der Waals surface area contributed by atoms with Crippen molar-refractivity contribution in [3.63, 3.8) is 0 Å². The molecule has 1 aromatic carbocycles. The maximum atomic E-state index is 11.9. The fraction of sp³-hybridized carbons (Fsp3) is 0.500. The van der Waals surface area contributed by atoms with Crippen LogP contribution in [-0.4, -0.2) is 46.7 Å². The topological polar surface area (TPSA) is 72.8 Å². The van der Waals surface area contributed by atoms with Crippen LogP contribution in [0, 0.1) is 0 Å². The summed E-state index contributed by atoms with van der Waals surface area (Å²) in [6.07, 6.45) is 2.43. The number of phenolic OH excluding ortho intramolecular Hbond substituents is 2. The van der Waals surface area contributed by atoms with Crippen molar-refractivity contribution < 1.29 is 15.0 Å². The molecular weight excluding hydrogens is 244 g/mol. The van der Waals surface area contributed by atoms with E-state index < -0.39 is 5.91 Å². The van der Waals surface area contributed by atoms with E-state index in [4.69, 9.17) is 0 Å². The molecule has 1 atom stereocenters. The van der Waals surface area contributed by atoms with E-state index in [1.807, 2.05) is 14.0 Å². The van der Waals surface area contributed by atoms with Gasteiger partial charge in [0, 0.05) is 18.6 Å². The van der Waals surface area contributed by atoms with E-state index in [2.05, 4.69) is 10.2 Å². The van der Waals surface area contributed by atoms with Crippen LogP contribution in [0.15, 0.2) is 18.2 Å². The first kappa shape index (κ1) is 13.7. The first-order chi connectivity index (χ1) is 9.00. The zero-order valence-corrected chi connectivity index (χ0v) is 11.3. The minimum absolute atomic E-state index is 0.0659. The second-order valence-corrected chi connectivity index (χ2v) is 5.13. The number of carbonyl (C=O) groups excluding carboxylic acids is 1. The van der Waals surface area contributed by atoms with E-state index >= 15 is 0 Å². The Labute approximate surface area is 112 Å². The summed E-state index contributed by atoms with van der Waals surface area (Å²) < 4.78 is 0. The first-order valence-electron chi connectivity index (χ1n) is 6.51. The zero-order valence-electron chi connectivity index (χ0n) is 11.3. The highest BCUT2D eigenvalue weighted by atomic mass is 16.3. The average molecular weight is 264 g/mol. The molecule has 2 rings (SSSR count).